The first kappa shape index (κ1) is 16.9. The minimum absolute atomic E-state index is 0.153. The standard InChI is InChI=1S/C21H28N2O/c1-5-18-15(3)20(17-8-6-7-9-19(17)22-18)21(24)23(4)16-12-10-14(2)11-13-16/h6-9,14,16H,5,10-13H2,1-4H3. The van der Waals surface area contributed by atoms with Gasteiger partial charge >= 0.3 is 0 Å². The van der Waals surface area contributed by atoms with Gasteiger partial charge in [-0.3, -0.25) is 9.78 Å². The fourth-order valence-electron chi connectivity index (χ4n) is 3.95. The number of benzene rings is 1. The van der Waals surface area contributed by atoms with E-state index >= 15 is 0 Å². The minimum atomic E-state index is 0.153. The summed E-state index contributed by atoms with van der Waals surface area (Å²) in [5.41, 5.74) is 3.84. The van der Waals surface area contributed by atoms with Gasteiger partial charge in [0.2, 0.25) is 0 Å². The van der Waals surface area contributed by atoms with Crippen molar-refractivity contribution in [3.63, 3.8) is 0 Å². The molecule has 1 saturated carbocycles. The van der Waals surface area contributed by atoms with Gasteiger partial charge in [0.05, 0.1) is 11.1 Å². The van der Waals surface area contributed by atoms with E-state index in [9.17, 15) is 4.79 Å². The van der Waals surface area contributed by atoms with Crippen LogP contribution >= 0.6 is 0 Å². The maximum atomic E-state index is 13.3. The van der Waals surface area contributed by atoms with Crippen molar-refractivity contribution in [2.75, 3.05) is 7.05 Å². The van der Waals surface area contributed by atoms with Gasteiger partial charge in [-0.25, -0.2) is 0 Å². The van der Waals surface area contributed by atoms with E-state index < -0.39 is 0 Å². The highest BCUT2D eigenvalue weighted by Gasteiger charge is 2.27. The zero-order chi connectivity index (χ0) is 17.3. The van der Waals surface area contributed by atoms with E-state index in [1.165, 1.54) is 12.8 Å². The summed E-state index contributed by atoms with van der Waals surface area (Å²) in [7, 11) is 1.98. The molecule has 1 aliphatic carbocycles. The van der Waals surface area contributed by atoms with E-state index in [0.717, 1.165) is 52.9 Å². The Balaban J connectivity index is 2.01. The molecule has 1 amide bonds. The molecule has 0 atom stereocenters. The lowest BCUT2D eigenvalue weighted by atomic mass is 9.86. The topological polar surface area (TPSA) is 33.2 Å². The van der Waals surface area contributed by atoms with Crippen molar-refractivity contribution in [2.24, 2.45) is 5.92 Å². The summed E-state index contributed by atoms with van der Waals surface area (Å²) in [5.74, 6) is 0.945. The van der Waals surface area contributed by atoms with Crippen LogP contribution in [0.1, 0.15) is 61.1 Å². The van der Waals surface area contributed by atoms with Crippen molar-refractivity contribution in [3.05, 3.63) is 41.1 Å². The predicted octanol–water partition coefficient (Wildman–Crippen LogP) is 4.76. The van der Waals surface area contributed by atoms with Crippen LogP contribution in [0.4, 0.5) is 0 Å². The van der Waals surface area contributed by atoms with Crippen LogP contribution in [-0.2, 0) is 6.42 Å². The predicted molar refractivity (Wildman–Crippen MR) is 99.4 cm³/mol. The second-order valence-electron chi connectivity index (χ2n) is 7.26. The molecule has 0 saturated heterocycles. The monoisotopic (exact) mass is 324 g/mol. The summed E-state index contributed by atoms with van der Waals surface area (Å²) in [5, 5.41) is 0.980. The summed E-state index contributed by atoms with van der Waals surface area (Å²) >= 11 is 0. The Morgan fingerprint density at radius 2 is 1.88 bits per heavy atom. The summed E-state index contributed by atoms with van der Waals surface area (Å²) < 4.78 is 0. The summed E-state index contributed by atoms with van der Waals surface area (Å²) in [6.45, 7) is 6.46. The first-order valence-corrected chi connectivity index (χ1v) is 9.18. The highest BCUT2D eigenvalue weighted by atomic mass is 16.2. The average Bonchev–Trinajstić information content (AvgIpc) is 2.60. The zero-order valence-electron chi connectivity index (χ0n) is 15.3. The molecule has 3 rings (SSSR count). The van der Waals surface area contributed by atoms with Crippen molar-refractivity contribution in [1.82, 2.24) is 9.88 Å². The molecule has 0 radical (unpaired) electrons. The molecular weight excluding hydrogens is 296 g/mol. The van der Waals surface area contributed by atoms with E-state index in [0.29, 0.717) is 6.04 Å². The Kier molecular flexibility index (Phi) is 4.88. The van der Waals surface area contributed by atoms with Gasteiger partial charge in [-0.1, -0.05) is 32.0 Å². The molecule has 3 nitrogen and oxygen atoms in total. The van der Waals surface area contributed by atoms with Crippen molar-refractivity contribution < 1.29 is 4.79 Å². The molecule has 1 fully saturated rings. The number of fused-ring (bicyclic) bond motifs is 1. The highest BCUT2D eigenvalue weighted by Crippen LogP contribution is 2.30. The lowest BCUT2D eigenvalue weighted by molar-refractivity contribution is 0.0680. The molecular formula is C21H28N2O. The molecule has 1 aliphatic rings. The molecule has 128 valence electrons. The van der Waals surface area contributed by atoms with Gasteiger partial charge in [0.25, 0.3) is 5.91 Å². The number of carbonyl (C=O) groups excluding carboxylic acids is 1. The second-order valence-corrected chi connectivity index (χ2v) is 7.26. The van der Waals surface area contributed by atoms with Crippen LogP contribution < -0.4 is 0 Å². The van der Waals surface area contributed by atoms with Gasteiger partial charge in [0, 0.05) is 24.2 Å². The van der Waals surface area contributed by atoms with Crippen molar-refractivity contribution >= 4 is 16.8 Å². The molecule has 0 unspecified atom stereocenters. The Bertz CT molecular complexity index is 745. The molecule has 0 bridgehead atoms. The van der Waals surface area contributed by atoms with Crippen LogP contribution in [0.3, 0.4) is 0 Å². The first-order valence-electron chi connectivity index (χ1n) is 9.18. The number of hydrogen-bond acceptors (Lipinski definition) is 2. The van der Waals surface area contributed by atoms with Crippen LogP contribution in [0.5, 0.6) is 0 Å². The number of hydrogen-bond donors (Lipinski definition) is 0. The number of nitrogens with zero attached hydrogens (tertiary/aromatic N) is 2. The van der Waals surface area contributed by atoms with E-state index in [-0.39, 0.29) is 5.91 Å². The molecule has 0 N–H and O–H groups in total. The van der Waals surface area contributed by atoms with Crippen LogP contribution in [0, 0.1) is 12.8 Å². The Labute approximate surface area is 145 Å². The molecule has 1 aromatic heterocycles. The molecule has 3 heteroatoms. The van der Waals surface area contributed by atoms with E-state index in [2.05, 4.69) is 13.8 Å². The maximum Gasteiger partial charge on any atom is 0.254 e. The lowest BCUT2D eigenvalue weighted by Gasteiger charge is -2.34. The smallest absolute Gasteiger partial charge is 0.254 e. The maximum absolute atomic E-state index is 13.3. The number of rotatable bonds is 3. The van der Waals surface area contributed by atoms with Crippen molar-refractivity contribution in [3.8, 4) is 0 Å². The molecule has 0 spiro atoms. The van der Waals surface area contributed by atoms with E-state index in [4.69, 9.17) is 4.98 Å². The molecule has 0 aliphatic heterocycles. The lowest BCUT2D eigenvalue weighted by Crippen LogP contribution is -2.39. The van der Waals surface area contributed by atoms with E-state index in [1.807, 2.05) is 43.1 Å². The van der Waals surface area contributed by atoms with Gasteiger partial charge in [0.1, 0.15) is 0 Å². The van der Waals surface area contributed by atoms with Gasteiger partial charge in [-0.15, -0.1) is 0 Å². The largest absolute Gasteiger partial charge is 0.339 e. The second kappa shape index (κ2) is 6.92. The SMILES string of the molecule is CCc1nc2ccccc2c(C(=O)N(C)C2CCC(C)CC2)c1C. The number of aryl methyl sites for hydroxylation is 1. The van der Waals surface area contributed by atoms with Crippen molar-refractivity contribution in [2.45, 2.75) is 58.9 Å². The highest BCUT2D eigenvalue weighted by molar-refractivity contribution is 6.07. The number of carbonyl (C=O) groups is 1. The summed E-state index contributed by atoms with van der Waals surface area (Å²) in [6.07, 6.45) is 5.52. The van der Waals surface area contributed by atoms with Gasteiger partial charge in [-0.2, -0.15) is 0 Å². The number of amides is 1. The summed E-state index contributed by atoms with van der Waals surface area (Å²) in [4.78, 5) is 20.1. The Morgan fingerprint density at radius 3 is 2.54 bits per heavy atom. The third kappa shape index (κ3) is 3.04. The number of pyridine rings is 1. The molecule has 2 aromatic rings. The van der Waals surface area contributed by atoms with Gasteiger partial charge < -0.3 is 4.90 Å². The quantitative estimate of drug-likeness (QED) is 0.816. The average molecular weight is 324 g/mol. The van der Waals surface area contributed by atoms with Crippen molar-refractivity contribution in [1.29, 1.82) is 0 Å². The van der Waals surface area contributed by atoms with Gasteiger partial charge in [0.15, 0.2) is 0 Å². The van der Waals surface area contributed by atoms with Gasteiger partial charge in [-0.05, 0) is 56.6 Å². The Hall–Kier alpha value is -1.90. The molecule has 1 aromatic carbocycles. The number of para-hydroxylation sites is 1. The number of aromatic nitrogens is 1. The normalized spacial score (nSPS) is 21.0. The van der Waals surface area contributed by atoms with Crippen LogP contribution in [-0.4, -0.2) is 28.9 Å². The third-order valence-electron chi connectivity index (χ3n) is 5.64. The summed E-state index contributed by atoms with van der Waals surface area (Å²) in [6, 6.07) is 8.38. The minimum Gasteiger partial charge on any atom is -0.339 e. The molecule has 24 heavy (non-hydrogen) atoms. The van der Waals surface area contributed by atoms with E-state index in [1.54, 1.807) is 0 Å². The first-order chi connectivity index (χ1) is 11.5. The van der Waals surface area contributed by atoms with Crippen LogP contribution in [0.15, 0.2) is 24.3 Å². The van der Waals surface area contributed by atoms with Crippen LogP contribution in [0.25, 0.3) is 10.9 Å². The fourth-order valence-corrected chi connectivity index (χ4v) is 3.95. The fraction of sp³-hybridized carbons (Fsp3) is 0.524. The zero-order valence-corrected chi connectivity index (χ0v) is 15.3. The third-order valence-corrected chi connectivity index (χ3v) is 5.64. The Morgan fingerprint density at radius 1 is 1.21 bits per heavy atom. The van der Waals surface area contributed by atoms with Crippen LogP contribution in [0.2, 0.25) is 0 Å². The molecule has 1 heterocycles.